The average Bonchev–Trinajstić information content (AvgIpc) is 2.67. The van der Waals surface area contributed by atoms with Crippen molar-refractivity contribution in [3.8, 4) is 0 Å². The minimum absolute atomic E-state index is 0.0417. The molecule has 0 saturated heterocycles. The van der Waals surface area contributed by atoms with Gasteiger partial charge >= 0.3 is 6.18 Å². The van der Waals surface area contributed by atoms with Gasteiger partial charge in [0.25, 0.3) is 0 Å². The van der Waals surface area contributed by atoms with Gasteiger partial charge in [0.15, 0.2) is 5.60 Å². The van der Waals surface area contributed by atoms with Crippen LogP contribution in [0.3, 0.4) is 0 Å². The molecule has 4 N–H and O–H groups in total. The van der Waals surface area contributed by atoms with Crippen LogP contribution in [0.25, 0.3) is 0 Å². The Bertz CT molecular complexity index is 471. The monoisotopic (exact) mass is 536 g/mol. The number of hydrogen-bond donors (Lipinski definition) is 4. The third-order valence-electron chi connectivity index (χ3n) is 6.36. The summed E-state index contributed by atoms with van der Waals surface area (Å²) in [4.78, 5) is 0. The molecule has 226 valence electrons. The van der Waals surface area contributed by atoms with Gasteiger partial charge in [0.05, 0.1) is 17.3 Å². The largest absolute Gasteiger partial charge is 0.417 e. The van der Waals surface area contributed by atoms with Gasteiger partial charge in [-0.1, -0.05) is 69.2 Å². The van der Waals surface area contributed by atoms with Gasteiger partial charge in [-0.3, -0.25) is 0 Å². The highest BCUT2D eigenvalue weighted by Gasteiger charge is 2.51. The maximum atomic E-state index is 11.8. The van der Waals surface area contributed by atoms with Gasteiger partial charge in [0.1, 0.15) is 0 Å². The molecular formula is C28H63F3O5. The quantitative estimate of drug-likeness (QED) is 0.291. The van der Waals surface area contributed by atoms with Crippen molar-refractivity contribution >= 4 is 0 Å². The Morgan fingerprint density at radius 2 is 0.917 bits per heavy atom. The van der Waals surface area contributed by atoms with Gasteiger partial charge in [-0.2, -0.15) is 13.2 Å². The summed E-state index contributed by atoms with van der Waals surface area (Å²) in [7, 11) is 1.75. The van der Waals surface area contributed by atoms with Crippen LogP contribution in [0.4, 0.5) is 13.2 Å². The molecule has 0 aromatic heterocycles. The van der Waals surface area contributed by atoms with Crippen LogP contribution in [0.15, 0.2) is 0 Å². The van der Waals surface area contributed by atoms with E-state index in [4.69, 9.17) is 25.2 Å². The number of rotatable bonds is 6. The predicted molar refractivity (Wildman–Crippen MR) is 147 cm³/mol. The summed E-state index contributed by atoms with van der Waals surface area (Å²) >= 11 is 0. The fourth-order valence-corrected chi connectivity index (χ4v) is 0.563. The molecule has 0 saturated carbocycles. The molecule has 8 heteroatoms. The highest BCUT2D eigenvalue weighted by Crippen LogP contribution is 2.35. The predicted octanol–water partition coefficient (Wildman–Crippen LogP) is 7.09. The van der Waals surface area contributed by atoms with Gasteiger partial charge in [-0.15, -0.1) is 0 Å². The van der Waals surface area contributed by atoms with E-state index in [1.165, 1.54) is 13.8 Å². The smallest absolute Gasteiger partial charge is 0.396 e. The zero-order chi connectivity index (χ0) is 30.9. The fourth-order valence-electron chi connectivity index (χ4n) is 0.563. The van der Waals surface area contributed by atoms with Gasteiger partial charge in [0.2, 0.25) is 0 Å². The summed E-state index contributed by atoms with van der Waals surface area (Å²) in [5, 5.41) is 34.7. The molecular weight excluding hydrogens is 473 g/mol. The van der Waals surface area contributed by atoms with E-state index < -0.39 is 23.3 Å². The van der Waals surface area contributed by atoms with Gasteiger partial charge in [-0.05, 0) is 71.1 Å². The standard InChI is InChI=1S/C7H16O.C6H11F3O.C6H14O.C5H12O.C4H10O/c1-6(2)7(3,4)8-5;1-4(2)5(3,10)6(7,8)9;1-5(2)6(3,4)7;1-4(2)5(3)6;1-4(2)3-5/h6H,1-5H3;4,10H,1-3H3;5,7H,1-4H3;4-6H,1-3H3;4-5H,3H2,1-2H3. The lowest BCUT2D eigenvalue weighted by Crippen LogP contribution is -2.46. The van der Waals surface area contributed by atoms with E-state index >= 15 is 0 Å². The van der Waals surface area contributed by atoms with E-state index in [0.717, 1.165) is 6.92 Å². The van der Waals surface area contributed by atoms with Crippen molar-refractivity contribution < 1.29 is 38.3 Å². The minimum Gasteiger partial charge on any atom is -0.396 e. The third kappa shape index (κ3) is 28.2. The first-order valence-corrected chi connectivity index (χ1v) is 12.9. The molecule has 0 aliphatic heterocycles. The van der Waals surface area contributed by atoms with Crippen molar-refractivity contribution in [3.63, 3.8) is 0 Å². The Balaban J connectivity index is -0.000000114. The summed E-state index contributed by atoms with van der Waals surface area (Å²) < 4.78 is 40.7. The molecule has 0 aromatic rings. The molecule has 0 spiro atoms. The van der Waals surface area contributed by atoms with Gasteiger partial charge < -0.3 is 25.2 Å². The summed E-state index contributed by atoms with van der Waals surface area (Å²) in [6.45, 7) is 29.6. The van der Waals surface area contributed by atoms with Crippen LogP contribution in [-0.4, -0.2) is 63.2 Å². The third-order valence-corrected chi connectivity index (χ3v) is 6.36. The molecule has 0 rings (SSSR count). The van der Waals surface area contributed by atoms with Crippen molar-refractivity contribution in [1.82, 2.24) is 0 Å². The second kappa shape index (κ2) is 20.5. The zero-order valence-electron chi connectivity index (χ0n) is 26.5. The number of methoxy groups -OCH3 is 1. The van der Waals surface area contributed by atoms with Crippen molar-refractivity contribution in [2.24, 2.45) is 29.6 Å². The zero-order valence-corrected chi connectivity index (χ0v) is 26.5. The lowest BCUT2D eigenvalue weighted by Gasteiger charge is -2.29. The lowest BCUT2D eigenvalue weighted by atomic mass is 9.92. The maximum absolute atomic E-state index is 11.8. The molecule has 5 nitrogen and oxygen atoms in total. The Labute approximate surface area is 221 Å². The Morgan fingerprint density at radius 3 is 0.917 bits per heavy atom. The molecule has 0 heterocycles. The molecule has 0 aliphatic carbocycles. The number of aliphatic hydroxyl groups excluding tert-OH is 2. The number of aliphatic hydroxyl groups is 4. The van der Waals surface area contributed by atoms with Crippen LogP contribution in [0.2, 0.25) is 0 Å². The van der Waals surface area contributed by atoms with E-state index in [-0.39, 0.29) is 11.7 Å². The van der Waals surface area contributed by atoms with Crippen molar-refractivity contribution in [2.45, 2.75) is 140 Å². The minimum atomic E-state index is -4.53. The number of alkyl halides is 3. The average molecular weight is 537 g/mol. The Hall–Kier alpha value is -0.410. The number of halogens is 3. The molecule has 2 unspecified atom stereocenters. The van der Waals surface area contributed by atoms with Crippen LogP contribution in [-0.2, 0) is 4.74 Å². The van der Waals surface area contributed by atoms with Gasteiger partial charge in [0, 0.05) is 13.7 Å². The Kier molecular flexibility index (Phi) is 26.0. The second-order valence-corrected chi connectivity index (χ2v) is 12.1. The topological polar surface area (TPSA) is 90.2 Å². The molecule has 36 heavy (non-hydrogen) atoms. The summed E-state index contributed by atoms with van der Waals surface area (Å²) in [6, 6.07) is 0. The van der Waals surface area contributed by atoms with Crippen molar-refractivity contribution in [1.29, 1.82) is 0 Å². The normalized spacial score (nSPS) is 14.6. The highest BCUT2D eigenvalue weighted by molar-refractivity contribution is 4.84. The molecule has 0 bridgehead atoms. The van der Waals surface area contributed by atoms with E-state index in [9.17, 15) is 13.2 Å². The van der Waals surface area contributed by atoms with Crippen LogP contribution in [0.5, 0.6) is 0 Å². The van der Waals surface area contributed by atoms with Crippen LogP contribution in [0, 0.1) is 29.6 Å². The van der Waals surface area contributed by atoms with Crippen LogP contribution >= 0.6 is 0 Å². The maximum Gasteiger partial charge on any atom is 0.417 e. The van der Waals surface area contributed by atoms with Crippen molar-refractivity contribution in [3.05, 3.63) is 0 Å². The van der Waals surface area contributed by atoms with E-state index in [2.05, 4.69) is 27.7 Å². The molecule has 0 radical (unpaired) electrons. The lowest BCUT2D eigenvalue weighted by molar-refractivity contribution is -0.267. The first-order valence-electron chi connectivity index (χ1n) is 12.9. The molecule has 2 atom stereocenters. The number of hydrogen-bond acceptors (Lipinski definition) is 5. The van der Waals surface area contributed by atoms with Crippen LogP contribution < -0.4 is 0 Å². The number of ether oxygens (including phenoxy) is 1. The molecule has 0 aromatic carbocycles. The summed E-state index contributed by atoms with van der Waals surface area (Å²) in [6.07, 6.45) is -4.67. The highest BCUT2D eigenvalue weighted by atomic mass is 19.4. The van der Waals surface area contributed by atoms with E-state index in [1.54, 1.807) is 14.0 Å². The summed E-state index contributed by atoms with van der Waals surface area (Å²) in [5.74, 6) is 0.979. The first-order chi connectivity index (χ1) is 15.6. The molecule has 0 fully saturated rings. The SMILES string of the molecule is CC(C)C(C)(C)O.CC(C)C(C)(O)C(F)(F)F.CC(C)C(C)O.CC(C)CO.COC(C)(C)C(C)C. The van der Waals surface area contributed by atoms with Gasteiger partial charge in [-0.25, -0.2) is 0 Å². The Morgan fingerprint density at radius 1 is 0.667 bits per heavy atom. The van der Waals surface area contributed by atoms with E-state index in [0.29, 0.717) is 30.3 Å². The first kappa shape index (κ1) is 45.5. The molecule has 0 amide bonds. The second-order valence-electron chi connectivity index (χ2n) is 12.1. The summed E-state index contributed by atoms with van der Waals surface area (Å²) in [5.41, 5.74) is -3.02. The molecule has 0 aliphatic rings. The fraction of sp³-hybridized carbons (Fsp3) is 1.00. The van der Waals surface area contributed by atoms with Crippen molar-refractivity contribution in [2.75, 3.05) is 13.7 Å². The van der Waals surface area contributed by atoms with Crippen LogP contribution in [0.1, 0.15) is 111 Å². The van der Waals surface area contributed by atoms with E-state index in [1.807, 2.05) is 55.4 Å².